The summed E-state index contributed by atoms with van der Waals surface area (Å²) < 4.78 is 11.2. The van der Waals surface area contributed by atoms with E-state index in [1.807, 2.05) is 25.1 Å². The van der Waals surface area contributed by atoms with E-state index in [9.17, 15) is 4.79 Å². The van der Waals surface area contributed by atoms with E-state index in [1.54, 1.807) is 7.11 Å². The molecule has 0 aromatic heterocycles. The van der Waals surface area contributed by atoms with Crippen LogP contribution in [0, 0.1) is 11.8 Å². The van der Waals surface area contributed by atoms with Gasteiger partial charge >= 0.3 is 0 Å². The van der Waals surface area contributed by atoms with Crippen LogP contribution in [0.5, 0.6) is 11.5 Å². The smallest absolute Gasteiger partial charge is 0.223 e. The van der Waals surface area contributed by atoms with Gasteiger partial charge in [0, 0.05) is 12.0 Å². The van der Waals surface area contributed by atoms with Gasteiger partial charge < -0.3 is 20.5 Å². The lowest BCUT2D eigenvalue weighted by Crippen LogP contribution is -2.32. The zero-order chi connectivity index (χ0) is 17.7. The molecule has 2 rings (SSSR count). The maximum absolute atomic E-state index is 12.4. The van der Waals surface area contributed by atoms with E-state index in [-0.39, 0.29) is 23.9 Å². The Morgan fingerprint density at radius 2 is 2.04 bits per heavy atom. The van der Waals surface area contributed by atoms with Crippen molar-refractivity contribution in [3.8, 4) is 11.5 Å². The lowest BCUT2D eigenvalue weighted by Gasteiger charge is -2.19. The van der Waals surface area contributed by atoms with Crippen LogP contribution in [0.4, 0.5) is 0 Å². The third-order valence-corrected chi connectivity index (χ3v) is 4.46. The number of amides is 1. The first kappa shape index (κ1) is 18.6. The van der Waals surface area contributed by atoms with Crippen LogP contribution in [0.15, 0.2) is 18.2 Å². The third kappa shape index (κ3) is 4.87. The fourth-order valence-corrected chi connectivity index (χ4v) is 3.00. The standard InChI is InChI=1S/C19H30N2O3/c1-12(2)11-24-17-8-6-14(10-18(17)23-4)13(3)21-19(22)15-5-7-16(20)9-15/h6,8,10,12-13,15-16H,5,7,9,11,20H2,1-4H3,(H,21,22). The van der Waals surface area contributed by atoms with Crippen LogP contribution in [-0.2, 0) is 4.79 Å². The molecule has 1 aliphatic carbocycles. The minimum absolute atomic E-state index is 0.0398. The lowest BCUT2D eigenvalue weighted by molar-refractivity contribution is -0.125. The van der Waals surface area contributed by atoms with Crippen molar-refractivity contribution < 1.29 is 14.3 Å². The maximum atomic E-state index is 12.4. The highest BCUT2D eigenvalue weighted by Gasteiger charge is 2.28. The fraction of sp³-hybridized carbons (Fsp3) is 0.632. The molecule has 1 saturated carbocycles. The number of hydrogen-bond donors (Lipinski definition) is 2. The molecule has 0 bridgehead atoms. The van der Waals surface area contributed by atoms with Gasteiger partial charge in [-0.1, -0.05) is 19.9 Å². The second kappa shape index (κ2) is 8.38. The average Bonchev–Trinajstić information content (AvgIpc) is 2.99. The molecule has 3 atom stereocenters. The van der Waals surface area contributed by atoms with Gasteiger partial charge in [-0.2, -0.15) is 0 Å². The summed E-state index contributed by atoms with van der Waals surface area (Å²) in [5, 5.41) is 3.09. The van der Waals surface area contributed by atoms with Crippen LogP contribution in [0.25, 0.3) is 0 Å². The number of rotatable bonds is 7. The van der Waals surface area contributed by atoms with Crippen LogP contribution < -0.4 is 20.5 Å². The lowest BCUT2D eigenvalue weighted by atomic mass is 10.0. The molecule has 0 aliphatic heterocycles. The molecular formula is C19H30N2O3. The molecule has 0 radical (unpaired) electrons. The zero-order valence-electron chi connectivity index (χ0n) is 15.2. The van der Waals surface area contributed by atoms with Gasteiger partial charge in [-0.15, -0.1) is 0 Å². The van der Waals surface area contributed by atoms with Crippen molar-refractivity contribution in [3.05, 3.63) is 23.8 Å². The molecule has 1 aromatic carbocycles. The summed E-state index contributed by atoms with van der Waals surface area (Å²) in [7, 11) is 1.63. The van der Waals surface area contributed by atoms with Crippen molar-refractivity contribution in [2.24, 2.45) is 17.6 Å². The predicted octanol–water partition coefficient (Wildman–Crippen LogP) is 3.03. The van der Waals surface area contributed by atoms with E-state index < -0.39 is 0 Å². The molecule has 0 heterocycles. The number of nitrogens with two attached hydrogens (primary N) is 1. The molecule has 1 fully saturated rings. The van der Waals surface area contributed by atoms with Crippen molar-refractivity contribution >= 4 is 5.91 Å². The first-order chi connectivity index (χ1) is 11.4. The predicted molar refractivity (Wildman–Crippen MR) is 95.2 cm³/mol. The quantitative estimate of drug-likeness (QED) is 0.804. The molecule has 1 aromatic rings. The first-order valence-corrected chi connectivity index (χ1v) is 8.77. The highest BCUT2D eigenvalue weighted by atomic mass is 16.5. The summed E-state index contributed by atoms with van der Waals surface area (Å²) in [5.41, 5.74) is 6.90. The Bertz CT molecular complexity index is 560. The summed E-state index contributed by atoms with van der Waals surface area (Å²) in [5.74, 6) is 2.00. The Labute approximate surface area is 144 Å². The highest BCUT2D eigenvalue weighted by molar-refractivity contribution is 5.79. The number of methoxy groups -OCH3 is 1. The molecule has 5 nitrogen and oxygen atoms in total. The number of benzene rings is 1. The van der Waals surface area contributed by atoms with E-state index in [2.05, 4.69) is 19.2 Å². The molecular weight excluding hydrogens is 304 g/mol. The van der Waals surface area contributed by atoms with Crippen molar-refractivity contribution in [2.75, 3.05) is 13.7 Å². The van der Waals surface area contributed by atoms with Crippen LogP contribution in [0.3, 0.4) is 0 Å². The summed E-state index contributed by atoms with van der Waals surface area (Å²) in [6.07, 6.45) is 2.59. The molecule has 24 heavy (non-hydrogen) atoms. The van der Waals surface area contributed by atoms with Gasteiger partial charge in [0.05, 0.1) is 19.8 Å². The van der Waals surface area contributed by atoms with Crippen molar-refractivity contribution in [2.45, 2.75) is 52.1 Å². The zero-order valence-corrected chi connectivity index (χ0v) is 15.2. The van der Waals surface area contributed by atoms with Crippen LogP contribution in [0.2, 0.25) is 0 Å². The number of carbonyl (C=O) groups excluding carboxylic acids is 1. The molecule has 3 unspecified atom stereocenters. The highest BCUT2D eigenvalue weighted by Crippen LogP contribution is 2.31. The Hall–Kier alpha value is -1.75. The molecule has 5 heteroatoms. The van der Waals surface area contributed by atoms with Gasteiger partial charge in [-0.3, -0.25) is 4.79 Å². The number of nitrogens with one attached hydrogen (secondary N) is 1. The van der Waals surface area contributed by atoms with E-state index in [0.717, 1.165) is 30.6 Å². The molecule has 1 aliphatic rings. The number of carbonyl (C=O) groups is 1. The van der Waals surface area contributed by atoms with Gasteiger partial charge in [0.1, 0.15) is 0 Å². The van der Waals surface area contributed by atoms with Gasteiger partial charge in [0.15, 0.2) is 11.5 Å². The molecule has 134 valence electrons. The first-order valence-electron chi connectivity index (χ1n) is 8.77. The van der Waals surface area contributed by atoms with Gasteiger partial charge in [-0.25, -0.2) is 0 Å². The second-order valence-corrected chi connectivity index (χ2v) is 7.12. The normalized spacial score (nSPS) is 21.6. The van der Waals surface area contributed by atoms with Crippen LogP contribution in [0.1, 0.15) is 51.6 Å². The van der Waals surface area contributed by atoms with Gasteiger partial charge in [0.2, 0.25) is 5.91 Å². The minimum atomic E-state index is -0.0811. The summed E-state index contributed by atoms with van der Waals surface area (Å²) >= 11 is 0. The van der Waals surface area contributed by atoms with Crippen molar-refractivity contribution in [1.29, 1.82) is 0 Å². The number of ether oxygens (including phenoxy) is 2. The summed E-state index contributed by atoms with van der Waals surface area (Å²) in [4.78, 5) is 12.4. The van der Waals surface area contributed by atoms with E-state index in [4.69, 9.17) is 15.2 Å². The Balaban J connectivity index is 2.01. The van der Waals surface area contributed by atoms with Gasteiger partial charge in [-0.05, 0) is 49.8 Å². The largest absolute Gasteiger partial charge is 0.493 e. The second-order valence-electron chi connectivity index (χ2n) is 7.12. The minimum Gasteiger partial charge on any atom is -0.493 e. The van der Waals surface area contributed by atoms with E-state index in [1.165, 1.54) is 0 Å². The van der Waals surface area contributed by atoms with Crippen molar-refractivity contribution in [1.82, 2.24) is 5.32 Å². The van der Waals surface area contributed by atoms with Crippen molar-refractivity contribution in [3.63, 3.8) is 0 Å². The summed E-state index contributed by atoms with van der Waals surface area (Å²) in [6, 6.07) is 5.89. The van der Waals surface area contributed by atoms with E-state index in [0.29, 0.717) is 18.3 Å². The molecule has 0 spiro atoms. The topological polar surface area (TPSA) is 73.6 Å². The van der Waals surface area contributed by atoms with Crippen LogP contribution >= 0.6 is 0 Å². The Kier molecular flexibility index (Phi) is 6.49. The number of hydrogen-bond acceptors (Lipinski definition) is 4. The average molecular weight is 334 g/mol. The maximum Gasteiger partial charge on any atom is 0.223 e. The molecule has 0 saturated heterocycles. The summed E-state index contributed by atoms with van der Waals surface area (Å²) in [6.45, 7) is 6.83. The SMILES string of the molecule is COc1cc(C(C)NC(=O)C2CCC(N)C2)ccc1OCC(C)C. The third-order valence-electron chi connectivity index (χ3n) is 4.46. The van der Waals surface area contributed by atoms with Crippen LogP contribution in [-0.4, -0.2) is 25.7 Å². The monoisotopic (exact) mass is 334 g/mol. The van der Waals surface area contributed by atoms with Gasteiger partial charge in [0.25, 0.3) is 0 Å². The van der Waals surface area contributed by atoms with E-state index >= 15 is 0 Å². The molecule has 1 amide bonds. The fourth-order valence-electron chi connectivity index (χ4n) is 3.00. The Morgan fingerprint density at radius 3 is 2.62 bits per heavy atom. The Morgan fingerprint density at radius 1 is 1.29 bits per heavy atom. The molecule has 3 N–H and O–H groups in total.